The molecule has 0 unspecified atom stereocenters. The second-order valence-electron chi connectivity index (χ2n) is 6.43. The molecular formula is C18H17FN4O6S2. The Morgan fingerprint density at radius 1 is 1.00 bits per heavy atom. The summed E-state index contributed by atoms with van der Waals surface area (Å²) in [6.07, 6.45) is 0.0218. The molecule has 0 radical (unpaired) electrons. The molecule has 3 N–H and O–H groups in total. The summed E-state index contributed by atoms with van der Waals surface area (Å²) >= 11 is 0. The number of aromatic nitrogens is 2. The average Bonchev–Trinajstić information content (AvgIpc) is 3.13. The lowest BCUT2D eigenvalue weighted by atomic mass is 10.2. The molecule has 3 aromatic rings. The first-order valence-electron chi connectivity index (χ1n) is 8.75. The number of carbonyl (C=O) groups is 1. The number of halogens is 1. The van der Waals surface area contributed by atoms with E-state index in [1.807, 2.05) is 0 Å². The summed E-state index contributed by atoms with van der Waals surface area (Å²) in [4.78, 5) is 15.9. The zero-order valence-corrected chi connectivity index (χ0v) is 17.5. The standard InChI is InChI=1S/C18H17FN4O6S2/c19-12-1-5-14(6-2-12)30(25,26)11-16-22-18(29-23-16)10-9-17(24)21-13-3-7-15(8-4-13)31(20,27)28/h1-8H,9-11H2,(H,21,24)(H2,20,27,28). The van der Waals surface area contributed by atoms with Crippen molar-refractivity contribution in [3.63, 3.8) is 0 Å². The van der Waals surface area contributed by atoms with Crippen molar-refractivity contribution in [3.05, 3.63) is 66.1 Å². The molecule has 1 aromatic heterocycles. The molecule has 164 valence electrons. The minimum atomic E-state index is -3.82. The third-order valence-electron chi connectivity index (χ3n) is 4.03. The van der Waals surface area contributed by atoms with Crippen molar-refractivity contribution in [1.82, 2.24) is 10.1 Å². The number of sulfonamides is 1. The Bertz CT molecular complexity index is 1290. The van der Waals surface area contributed by atoms with Crippen LogP contribution in [0.25, 0.3) is 0 Å². The first-order chi connectivity index (χ1) is 14.5. The zero-order valence-electron chi connectivity index (χ0n) is 15.9. The van der Waals surface area contributed by atoms with Crippen LogP contribution in [0.3, 0.4) is 0 Å². The Morgan fingerprint density at radius 3 is 2.23 bits per heavy atom. The molecule has 2 aromatic carbocycles. The Labute approximate surface area is 177 Å². The van der Waals surface area contributed by atoms with Gasteiger partial charge in [0.05, 0.1) is 9.79 Å². The van der Waals surface area contributed by atoms with Crippen LogP contribution in [0.15, 0.2) is 62.8 Å². The van der Waals surface area contributed by atoms with Crippen LogP contribution in [-0.2, 0) is 36.8 Å². The number of carbonyl (C=O) groups excluding carboxylic acids is 1. The van der Waals surface area contributed by atoms with E-state index in [1.165, 1.54) is 24.3 Å². The SMILES string of the molecule is NS(=O)(=O)c1ccc(NC(=O)CCc2nc(CS(=O)(=O)c3ccc(F)cc3)no2)cc1. The number of amides is 1. The molecule has 3 rings (SSSR count). The summed E-state index contributed by atoms with van der Waals surface area (Å²) in [5, 5.41) is 11.2. The minimum absolute atomic E-state index is 0.0384. The largest absolute Gasteiger partial charge is 0.339 e. The van der Waals surface area contributed by atoms with Crippen LogP contribution in [0.5, 0.6) is 0 Å². The number of nitrogens with one attached hydrogen (secondary N) is 1. The highest BCUT2D eigenvalue weighted by Gasteiger charge is 2.20. The summed E-state index contributed by atoms with van der Waals surface area (Å²) in [7, 11) is -7.61. The molecular weight excluding hydrogens is 451 g/mol. The number of nitrogens with zero attached hydrogens (tertiary/aromatic N) is 2. The maximum atomic E-state index is 13.0. The van der Waals surface area contributed by atoms with Gasteiger partial charge in [0, 0.05) is 18.5 Å². The van der Waals surface area contributed by atoms with Gasteiger partial charge in [0.1, 0.15) is 11.6 Å². The summed E-state index contributed by atoms with van der Waals surface area (Å²) < 4.78 is 65.0. The molecule has 0 bridgehead atoms. The van der Waals surface area contributed by atoms with Gasteiger partial charge in [-0.2, -0.15) is 4.98 Å². The average molecular weight is 468 g/mol. The van der Waals surface area contributed by atoms with E-state index < -0.39 is 37.3 Å². The maximum Gasteiger partial charge on any atom is 0.238 e. The maximum absolute atomic E-state index is 13.0. The zero-order chi connectivity index (χ0) is 22.6. The van der Waals surface area contributed by atoms with Gasteiger partial charge >= 0.3 is 0 Å². The summed E-state index contributed by atoms with van der Waals surface area (Å²) in [6.45, 7) is 0. The Hall–Kier alpha value is -3.16. The second-order valence-corrected chi connectivity index (χ2v) is 9.99. The molecule has 1 heterocycles. The van der Waals surface area contributed by atoms with Gasteiger partial charge < -0.3 is 9.84 Å². The van der Waals surface area contributed by atoms with Gasteiger partial charge in [-0.25, -0.2) is 26.4 Å². The van der Waals surface area contributed by atoms with E-state index in [1.54, 1.807) is 0 Å². The number of aryl methyl sites for hydroxylation is 1. The summed E-state index contributed by atoms with van der Waals surface area (Å²) in [5.74, 6) is -1.51. The van der Waals surface area contributed by atoms with Crippen LogP contribution in [-0.4, -0.2) is 32.9 Å². The van der Waals surface area contributed by atoms with Crippen LogP contribution in [0.1, 0.15) is 18.1 Å². The van der Waals surface area contributed by atoms with Gasteiger partial charge in [-0.05, 0) is 48.5 Å². The van der Waals surface area contributed by atoms with Gasteiger partial charge in [0.25, 0.3) is 0 Å². The van der Waals surface area contributed by atoms with Crippen LogP contribution in [0.2, 0.25) is 0 Å². The summed E-state index contributed by atoms with van der Waals surface area (Å²) in [6, 6.07) is 9.67. The van der Waals surface area contributed by atoms with E-state index in [0.29, 0.717) is 5.69 Å². The molecule has 31 heavy (non-hydrogen) atoms. The van der Waals surface area contributed by atoms with Crippen molar-refractivity contribution in [2.24, 2.45) is 5.14 Å². The first-order valence-corrected chi connectivity index (χ1v) is 12.0. The Balaban J connectivity index is 1.55. The van der Waals surface area contributed by atoms with E-state index in [9.17, 15) is 26.0 Å². The van der Waals surface area contributed by atoms with Crippen molar-refractivity contribution in [2.45, 2.75) is 28.4 Å². The predicted molar refractivity (Wildman–Crippen MR) is 106 cm³/mol. The highest BCUT2D eigenvalue weighted by molar-refractivity contribution is 7.90. The lowest BCUT2D eigenvalue weighted by Gasteiger charge is -2.05. The molecule has 0 saturated carbocycles. The lowest BCUT2D eigenvalue weighted by Crippen LogP contribution is -2.14. The minimum Gasteiger partial charge on any atom is -0.339 e. The molecule has 0 aliphatic heterocycles. The van der Waals surface area contributed by atoms with Gasteiger partial charge in [0.15, 0.2) is 15.7 Å². The van der Waals surface area contributed by atoms with Gasteiger partial charge in [0.2, 0.25) is 21.8 Å². The molecule has 13 heteroatoms. The van der Waals surface area contributed by atoms with Gasteiger partial charge in [-0.15, -0.1) is 0 Å². The number of hydrogen-bond acceptors (Lipinski definition) is 8. The highest BCUT2D eigenvalue weighted by Crippen LogP contribution is 2.16. The summed E-state index contributed by atoms with van der Waals surface area (Å²) in [5.41, 5.74) is 0.369. The van der Waals surface area contributed by atoms with E-state index in [0.717, 1.165) is 24.3 Å². The first kappa shape index (κ1) is 22.5. The van der Waals surface area contributed by atoms with Crippen molar-refractivity contribution >= 4 is 31.5 Å². The molecule has 0 atom stereocenters. The Kier molecular flexibility index (Phi) is 6.48. The fourth-order valence-electron chi connectivity index (χ4n) is 2.52. The van der Waals surface area contributed by atoms with Crippen LogP contribution in [0, 0.1) is 5.82 Å². The van der Waals surface area contributed by atoms with E-state index in [4.69, 9.17) is 9.66 Å². The third kappa shape index (κ3) is 6.16. The Morgan fingerprint density at radius 2 is 1.61 bits per heavy atom. The molecule has 10 nitrogen and oxygen atoms in total. The number of anilines is 1. The number of benzene rings is 2. The smallest absolute Gasteiger partial charge is 0.238 e. The van der Waals surface area contributed by atoms with Crippen molar-refractivity contribution < 1.29 is 30.5 Å². The number of primary sulfonamides is 1. The van der Waals surface area contributed by atoms with E-state index in [2.05, 4.69) is 15.5 Å². The van der Waals surface area contributed by atoms with E-state index in [-0.39, 0.29) is 34.3 Å². The molecule has 0 aliphatic carbocycles. The quantitative estimate of drug-likeness (QED) is 0.469. The molecule has 0 spiro atoms. The molecule has 0 fully saturated rings. The van der Waals surface area contributed by atoms with Gasteiger partial charge in [-0.1, -0.05) is 5.16 Å². The molecule has 1 amide bonds. The van der Waals surface area contributed by atoms with Crippen LogP contribution in [0.4, 0.5) is 10.1 Å². The fraction of sp³-hybridized carbons (Fsp3) is 0.167. The fourth-order valence-corrected chi connectivity index (χ4v) is 4.21. The van der Waals surface area contributed by atoms with Crippen LogP contribution >= 0.6 is 0 Å². The third-order valence-corrected chi connectivity index (χ3v) is 6.59. The number of rotatable bonds is 8. The predicted octanol–water partition coefficient (Wildman–Crippen LogP) is 1.40. The van der Waals surface area contributed by atoms with Crippen molar-refractivity contribution in [2.75, 3.05) is 5.32 Å². The van der Waals surface area contributed by atoms with Crippen molar-refractivity contribution in [3.8, 4) is 0 Å². The molecule has 0 saturated heterocycles. The number of hydrogen-bond donors (Lipinski definition) is 2. The monoisotopic (exact) mass is 468 g/mol. The second kappa shape index (κ2) is 8.91. The van der Waals surface area contributed by atoms with Crippen molar-refractivity contribution in [1.29, 1.82) is 0 Å². The number of sulfone groups is 1. The number of nitrogens with two attached hydrogens (primary N) is 1. The molecule has 0 aliphatic rings. The normalized spacial score (nSPS) is 11.9. The highest BCUT2D eigenvalue weighted by atomic mass is 32.2. The topological polar surface area (TPSA) is 162 Å². The van der Waals surface area contributed by atoms with Gasteiger partial charge in [-0.3, -0.25) is 4.79 Å². The van der Waals surface area contributed by atoms with Crippen LogP contribution < -0.4 is 10.5 Å². The lowest BCUT2D eigenvalue weighted by molar-refractivity contribution is -0.116. The van der Waals surface area contributed by atoms with E-state index >= 15 is 0 Å².